The van der Waals surface area contributed by atoms with Crippen LogP contribution in [0.5, 0.6) is 0 Å². The number of rotatable bonds is 12. The Hall–Kier alpha value is -1.32. The first-order valence-electron chi connectivity index (χ1n) is 7.92. The van der Waals surface area contributed by atoms with Crippen LogP contribution in [0.4, 0.5) is 4.79 Å². The second kappa shape index (κ2) is 14.1. The second-order valence-corrected chi connectivity index (χ2v) is 5.13. The number of hydrogen-bond donors (Lipinski definition) is 2. The molecule has 0 aromatic rings. The summed E-state index contributed by atoms with van der Waals surface area (Å²) < 4.78 is 0. The molecule has 0 aromatic carbocycles. The number of hydrogen-bond acceptors (Lipinski definition) is 2. The molecular formula is C16H30N2O2. The number of amides is 3. The Morgan fingerprint density at radius 1 is 0.900 bits per heavy atom. The van der Waals surface area contributed by atoms with E-state index in [4.69, 9.17) is 0 Å². The van der Waals surface area contributed by atoms with Crippen LogP contribution in [0.3, 0.4) is 0 Å². The van der Waals surface area contributed by atoms with E-state index in [1.165, 1.54) is 51.4 Å². The summed E-state index contributed by atoms with van der Waals surface area (Å²) in [5.41, 5.74) is 0. The number of urea groups is 1. The van der Waals surface area contributed by atoms with Crippen molar-refractivity contribution in [2.24, 2.45) is 0 Å². The van der Waals surface area contributed by atoms with E-state index in [1.54, 1.807) is 0 Å². The van der Waals surface area contributed by atoms with Gasteiger partial charge < -0.3 is 5.32 Å². The van der Waals surface area contributed by atoms with Crippen LogP contribution in [-0.4, -0.2) is 18.5 Å². The van der Waals surface area contributed by atoms with Crippen molar-refractivity contribution in [1.82, 2.24) is 10.6 Å². The van der Waals surface area contributed by atoms with E-state index in [-0.39, 0.29) is 0 Å². The highest BCUT2D eigenvalue weighted by atomic mass is 16.2. The third-order valence-corrected chi connectivity index (χ3v) is 3.24. The molecule has 0 aliphatic heterocycles. The molecule has 0 atom stereocenters. The lowest BCUT2D eigenvalue weighted by Gasteiger charge is -2.05. The van der Waals surface area contributed by atoms with Crippen LogP contribution in [-0.2, 0) is 4.79 Å². The Kier molecular flexibility index (Phi) is 13.2. The van der Waals surface area contributed by atoms with Crippen molar-refractivity contribution in [3.8, 4) is 0 Å². The largest absolute Gasteiger partial charge is 0.338 e. The molecule has 0 unspecified atom stereocenters. The van der Waals surface area contributed by atoms with Crippen LogP contribution in [0.1, 0.15) is 71.1 Å². The first-order valence-corrected chi connectivity index (χ1v) is 7.92. The zero-order chi connectivity index (χ0) is 15.1. The van der Waals surface area contributed by atoms with E-state index in [1.807, 2.05) is 0 Å². The van der Waals surface area contributed by atoms with Gasteiger partial charge in [0, 0.05) is 6.54 Å². The lowest BCUT2D eigenvalue weighted by atomic mass is 10.1. The van der Waals surface area contributed by atoms with Crippen LogP contribution in [0.2, 0.25) is 0 Å². The van der Waals surface area contributed by atoms with Gasteiger partial charge in [0.1, 0.15) is 0 Å². The maximum absolute atomic E-state index is 11.2. The van der Waals surface area contributed by atoms with E-state index in [0.717, 1.165) is 18.9 Å². The van der Waals surface area contributed by atoms with Gasteiger partial charge in [-0.1, -0.05) is 71.3 Å². The molecular weight excluding hydrogens is 252 g/mol. The number of carbonyl (C=O) groups excluding carboxylic acids is 2. The number of nitrogens with one attached hydrogen (secondary N) is 2. The van der Waals surface area contributed by atoms with Crippen molar-refractivity contribution in [3.63, 3.8) is 0 Å². The molecule has 0 aliphatic carbocycles. The minimum Gasteiger partial charge on any atom is -0.338 e. The van der Waals surface area contributed by atoms with E-state index in [2.05, 4.69) is 24.1 Å². The minimum atomic E-state index is -0.467. The van der Waals surface area contributed by atoms with Crippen LogP contribution >= 0.6 is 0 Å². The van der Waals surface area contributed by atoms with Crippen molar-refractivity contribution < 1.29 is 9.59 Å². The van der Waals surface area contributed by atoms with E-state index in [9.17, 15) is 9.59 Å². The molecule has 0 spiro atoms. The van der Waals surface area contributed by atoms with Crippen molar-refractivity contribution in [2.75, 3.05) is 6.54 Å². The molecule has 0 aliphatic rings. The van der Waals surface area contributed by atoms with E-state index >= 15 is 0 Å². The maximum Gasteiger partial charge on any atom is 0.321 e. The molecule has 116 valence electrons. The average molecular weight is 282 g/mol. The summed E-state index contributed by atoms with van der Waals surface area (Å²) in [6.45, 7) is 6.14. The number of unbranched alkanes of at least 4 members (excludes halogenated alkanes) is 9. The highest BCUT2D eigenvalue weighted by Gasteiger charge is 2.02. The van der Waals surface area contributed by atoms with Gasteiger partial charge in [0.25, 0.3) is 5.91 Å². The highest BCUT2D eigenvalue weighted by Crippen LogP contribution is 2.10. The molecule has 20 heavy (non-hydrogen) atoms. The van der Waals surface area contributed by atoms with Gasteiger partial charge in [-0.25, -0.2) is 4.79 Å². The Labute approximate surface area is 123 Å². The fourth-order valence-corrected chi connectivity index (χ4v) is 2.02. The lowest BCUT2D eigenvalue weighted by molar-refractivity contribution is -0.115. The predicted molar refractivity (Wildman–Crippen MR) is 83.6 cm³/mol. The van der Waals surface area contributed by atoms with Gasteiger partial charge in [-0.2, -0.15) is 0 Å². The fourth-order valence-electron chi connectivity index (χ4n) is 2.02. The van der Waals surface area contributed by atoms with Crippen LogP contribution in [0, 0.1) is 0 Å². The fraction of sp³-hybridized carbons (Fsp3) is 0.750. The summed E-state index contributed by atoms with van der Waals surface area (Å²) in [5, 5.41) is 4.81. The van der Waals surface area contributed by atoms with Gasteiger partial charge >= 0.3 is 6.03 Å². The van der Waals surface area contributed by atoms with Crippen molar-refractivity contribution in [3.05, 3.63) is 12.7 Å². The van der Waals surface area contributed by atoms with Crippen molar-refractivity contribution >= 4 is 11.9 Å². The third-order valence-electron chi connectivity index (χ3n) is 3.24. The van der Waals surface area contributed by atoms with Gasteiger partial charge in [-0.3, -0.25) is 10.1 Å². The Bertz CT molecular complexity index is 278. The summed E-state index contributed by atoms with van der Waals surface area (Å²) in [4.78, 5) is 22.0. The maximum atomic E-state index is 11.2. The predicted octanol–water partition coefficient (Wildman–Crippen LogP) is 3.92. The summed E-state index contributed by atoms with van der Waals surface area (Å²) in [6.07, 6.45) is 13.8. The average Bonchev–Trinajstić information content (AvgIpc) is 2.44. The van der Waals surface area contributed by atoms with Gasteiger partial charge in [0.2, 0.25) is 0 Å². The molecule has 0 aromatic heterocycles. The minimum absolute atomic E-state index is 0.439. The van der Waals surface area contributed by atoms with E-state index < -0.39 is 11.9 Å². The lowest BCUT2D eigenvalue weighted by Crippen LogP contribution is -2.38. The quantitative estimate of drug-likeness (QED) is 0.421. The summed E-state index contributed by atoms with van der Waals surface area (Å²) in [5.74, 6) is -0.467. The summed E-state index contributed by atoms with van der Waals surface area (Å²) in [6, 6.07) is -0.439. The van der Waals surface area contributed by atoms with Gasteiger partial charge in [0.05, 0.1) is 0 Å². The number of carbonyl (C=O) groups is 2. The molecule has 3 amide bonds. The molecule has 4 nitrogen and oxygen atoms in total. The highest BCUT2D eigenvalue weighted by molar-refractivity contribution is 5.99. The summed E-state index contributed by atoms with van der Waals surface area (Å²) in [7, 11) is 0. The molecule has 0 heterocycles. The zero-order valence-corrected chi connectivity index (χ0v) is 12.9. The molecule has 4 heteroatoms. The van der Waals surface area contributed by atoms with Gasteiger partial charge in [0.15, 0.2) is 0 Å². The summed E-state index contributed by atoms with van der Waals surface area (Å²) >= 11 is 0. The van der Waals surface area contributed by atoms with Crippen molar-refractivity contribution in [2.45, 2.75) is 71.1 Å². The Morgan fingerprint density at radius 3 is 1.90 bits per heavy atom. The standard InChI is InChI=1S/C16H30N2O2/c1-3-5-6-7-8-9-10-11-12-13-14-17-16(20)18-15(19)4-2/h4H,2-3,5-14H2,1H3,(H2,17,18,19,20). The monoisotopic (exact) mass is 282 g/mol. The van der Waals surface area contributed by atoms with Crippen molar-refractivity contribution in [1.29, 1.82) is 0 Å². The molecule has 2 N–H and O–H groups in total. The molecule has 0 saturated carbocycles. The SMILES string of the molecule is C=CC(=O)NC(=O)NCCCCCCCCCCCC. The number of imide groups is 1. The van der Waals surface area contributed by atoms with E-state index in [0.29, 0.717) is 6.54 Å². The topological polar surface area (TPSA) is 58.2 Å². The first kappa shape index (κ1) is 18.7. The molecule has 0 rings (SSSR count). The second-order valence-electron chi connectivity index (χ2n) is 5.13. The molecule has 0 radical (unpaired) electrons. The third kappa shape index (κ3) is 13.1. The normalized spacial score (nSPS) is 10.1. The van der Waals surface area contributed by atoms with Crippen LogP contribution < -0.4 is 10.6 Å². The zero-order valence-electron chi connectivity index (χ0n) is 12.9. The van der Waals surface area contributed by atoms with Gasteiger partial charge in [-0.05, 0) is 12.5 Å². The molecule has 0 bridgehead atoms. The van der Waals surface area contributed by atoms with Crippen LogP contribution in [0.25, 0.3) is 0 Å². The smallest absolute Gasteiger partial charge is 0.321 e. The molecule has 0 saturated heterocycles. The van der Waals surface area contributed by atoms with Gasteiger partial charge in [-0.15, -0.1) is 0 Å². The first-order chi connectivity index (χ1) is 9.70. The molecule has 0 fully saturated rings. The van der Waals surface area contributed by atoms with Crippen LogP contribution in [0.15, 0.2) is 12.7 Å². The Balaban J connectivity index is 3.18. The Morgan fingerprint density at radius 2 is 1.40 bits per heavy atom.